The molecular formula is C16H10Br2N2O. The van der Waals surface area contributed by atoms with Crippen LogP contribution < -0.4 is 5.32 Å². The van der Waals surface area contributed by atoms with Gasteiger partial charge in [-0.05, 0) is 29.8 Å². The Kier molecular flexibility index (Phi) is 4.03. The van der Waals surface area contributed by atoms with Crippen molar-refractivity contribution in [2.75, 3.05) is 0 Å². The Labute approximate surface area is 139 Å². The van der Waals surface area contributed by atoms with Gasteiger partial charge < -0.3 is 5.32 Å². The second-order valence-corrected chi connectivity index (χ2v) is 6.25. The molecule has 1 aliphatic rings. The summed E-state index contributed by atoms with van der Waals surface area (Å²) in [6.07, 6.45) is 1.77. The first kappa shape index (κ1) is 14.2. The Morgan fingerprint density at radius 3 is 2.43 bits per heavy atom. The third kappa shape index (κ3) is 3.14. The van der Waals surface area contributed by atoms with Crippen molar-refractivity contribution in [2.24, 2.45) is 4.99 Å². The molecule has 0 bridgehead atoms. The molecule has 0 fully saturated rings. The van der Waals surface area contributed by atoms with Crippen LogP contribution in [-0.4, -0.2) is 11.7 Å². The molecule has 0 aliphatic carbocycles. The van der Waals surface area contributed by atoms with Crippen LogP contribution >= 0.6 is 31.9 Å². The number of nitrogens with zero attached hydrogens (tertiary/aromatic N) is 1. The lowest BCUT2D eigenvalue weighted by Crippen LogP contribution is -2.24. The van der Waals surface area contributed by atoms with Crippen molar-refractivity contribution in [1.29, 1.82) is 0 Å². The summed E-state index contributed by atoms with van der Waals surface area (Å²) in [5, 5.41) is 2.80. The summed E-state index contributed by atoms with van der Waals surface area (Å²) < 4.78 is 1.90. The average molecular weight is 406 g/mol. The van der Waals surface area contributed by atoms with Gasteiger partial charge in [0.1, 0.15) is 11.5 Å². The van der Waals surface area contributed by atoms with Crippen molar-refractivity contribution < 1.29 is 4.79 Å². The molecule has 0 unspecified atom stereocenters. The number of carbonyl (C=O) groups is 1. The van der Waals surface area contributed by atoms with Gasteiger partial charge in [0.15, 0.2) is 0 Å². The Morgan fingerprint density at radius 1 is 1.00 bits per heavy atom. The first-order valence-electron chi connectivity index (χ1n) is 6.26. The van der Waals surface area contributed by atoms with E-state index < -0.39 is 0 Å². The topological polar surface area (TPSA) is 41.5 Å². The van der Waals surface area contributed by atoms with Gasteiger partial charge in [-0.2, -0.15) is 0 Å². The van der Waals surface area contributed by atoms with Gasteiger partial charge in [-0.3, -0.25) is 4.79 Å². The third-order valence-corrected chi connectivity index (χ3v) is 4.22. The molecule has 2 aromatic carbocycles. The van der Waals surface area contributed by atoms with Gasteiger partial charge in [-0.25, -0.2) is 4.99 Å². The zero-order valence-corrected chi connectivity index (χ0v) is 14.0. The summed E-state index contributed by atoms with van der Waals surface area (Å²) in [5.74, 6) is 0.375. The summed E-state index contributed by atoms with van der Waals surface area (Å²) in [6, 6.07) is 15.4. The van der Waals surface area contributed by atoms with Crippen molar-refractivity contribution in [1.82, 2.24) is 5.32 Å². The highest BCUT2D eigenvalue weighted by Gasteiger charge is 2.22. The van der Waals surface area contributed by atoms with E-state index in [1.165, 1.54) is 0 Å². The normalized spacial score (nSPS) is 16.0. The van der Waals surface area contributed by atoms with Crippen LogP contribution in [-0.2, 0) is 4.79 Å². The number of aliphatic imine (C=N–C) groups is 1. The van der Waals surface area contributed by atoms with E-state index in [1.807, 2.05) is 48.5 Å². The molecule has 0 saturated heterocycles. The fourth-order valence-corrected chi connectivity index (χ4v) is 2.70. The minimum Gasteiger partial charge on any atom is -0.305 e. The number of halogens is 2. The molecule has 0 atom stereocenters. The maximum atomic E-state index is 12.0. The number of hydrogen-bond donors (Lipinski definition) is 1. The highest BCUT2D eigenvalue weighted by Crippen LogP contribution is 2.21. The first-order chi connectivity index (χ1) is 10.1. The zero-order valence-electron chi connectivity index (χ0n) is 10.8. The van der Waals surface area contributed by atoms with Crippen molar-refractivity contribution in [2.45, 2.75) is 0 Å². The number of amidine groups is 1. The van der Waals surface area contributed by atoms with Crippen LogP contribution in [0.5, 0.6) is 0 Å². The highest BCUT2D eigenvalue weighted by molar-refractivity contribution is 9.10. The SMILES string of the molecule is O=C1NC(c2ccccc2Br)=NC1=Cc1ccc(Br)cc1. The molecule has 104 valence electrons. The second-order valence-electron chi connectivity index (χ2n) is 4.48. The quantitative estimate of drug-likeness (QED) is 0.750. The van der Waals surface area contributed by atoms with Crippen LogP contribution in [0.4, 0.5) is 0 Å². The number of amides is 1. The van der Waals surface area contributed by atoms with E-state index >= 15 is 0 Å². The molecule has 0 saturated carbocycles. The van der Waals surface area contributed by atoms with E-state index in [9.17, 15) is 4.79 Å². The minimum absolute atomic E-state index is 0.191. The van der Waals surface area contributed by atoms with E-state index in [-0.39, 0.29) is 5.91 Å². The van der Waals surface area contributed by atoms with Crippen LogP contribution in [0.25, 0.3) is 6.08 Å². The lowest BCUT2D eigenvalue weighted by molar-refractivity contribution is -0.115. The van der Waals surface area contributed by atoms with Gasteiger partial charge in [0.05, 0.1) is 0 Å². The van der Waals surface area contributed by atoms with Crippen LogP contribution in [0.2, 0.25) is 0 Å². The minimum atomic E-state index is -0.191. The maximum Gasteiger partial charge on any atom is 0.275 e. The Balaban J connectivity index is 1.96. The van der Waals surface area contributed by atoms with Crippen LogP contribution in [0.3, 0.4) is 0 Å². The first-order valence-corrected chi connectivity index (χ1v) is 7.84. The van der Waals surface area contributed by atoms with Crippen LogP contribution in [0.15, 0.2) is 68.2 Å². The van der Waals surface area contributed by atoms with Gasteiger partial charge in [0.25, 0.3) is 5.91 Å². The molecule has 2 aromatic rings. The van der Waals surface area contributed by atoms with Gasteiger partial charge in [0, 0.05) is 14.5 Å². The summed E-state index contributed by atoms with van der Waals surface area (Å²) >= 11 is 6.85. The number of hydrogen-bond acceptors (Lipinski definition) is 2. The fourth-order valence-electron chi connectivity index (χ4n) is 1.97. The fraction of sp³-hybridized carbons (Fsp3) is 0. The molecule has 3 nitrogen and oxygen atoms in total. The van der Waals surface area contributed by atoms with Gasteiger partial charge in [-0.1, -0.05) is 62.2 Å². The van der Waals surface area contributed by atoms with Gasteiger partial charge >= 0.3 is 0 Å². The van der Waals surface area contributed by atoms with Crippen LogP contribution in [0, 0.1) is 0 Å². The van der Waals surface area contributed by atoms with E-state index in [0.29, 0.717) is 11.5 Å². The molecular weight excluding hydrogens is 396 g/mol. The van der Waals surface area contributed by atoms with Gasteiger partial charge in [0.2, 0.25) is 0 Å². The molecule has 0 aromatic heterocycles. The largest absolute Gasteiger partial charge is 0.305 e. The standard InChI is InChI=1S/C16H10Br2N2O/c17-11-7-5-10(6-8-11)9-14-16(21)20-15(19-14)12-3-1-2-4-13(12)18/h1-9H,(H,19,20,21). The third-order valence-electron chi connectivity index (χ3n) is 3.00. The van der Waals surface area contributed by atoms with E-state index in [2.05, 4.69) is 42.2 Å². The molecule has 3 rings (SSSR count). The Bertz CT molecular complexity index is 764. The Morgan fingerprint density at radius 2 is 1.71 bits per heavy atom. The number of nitrogens with one attached hydrogen (secondary N) is 1. The predicted octanol–water partition coefficient (Wildman–Crippen LogP) is 4.13. The molecule has 0 spiro atoms. The van der Waals surface area contributed by atoms with Crippen molar-refractivity contribution in [3.8, 4) is 0 Å². The van der Waals surface area contributed by atoms with E-state index in [4.69, 9.17) is 0 Å². The molecule has 1 amide bonds. The summed E-state index contributed by atoms with van der Waals surface area (Å²) in [7, 11) is 0. The van der Waals surface area contributed by atoms with Crippen molar-refractivity contribution >= 4 is 49.7 Å². The number of carbonyl (C=O) groups excluding carboxylic acids is 1. The molecule has 21 heavy (non-hydrogen) atoms. The molecule has 0 radical (unpaired) electrons. The lowest BCUT2D eigenvalue weighted by Gasteiger charge is -2.02. The zero-order chi connectivity index (χ0) is 14.8. The van der Waals surface area contributed by atoms with Gasteiger partial charge in [-0.15, -0.1) is 0 Å². The molecule has 1 aliphatic heterocycles. The number of benzene rings is 2. The number of rotatable bonds is 2. The van der Waals surface area contributed by atoms with E-state index in [1.54, 1.807) is 6.08 Å². The monoisotopic (exact) mass is 404 g/mol. The summed E-state index contributed by atoms with van der Waals surface area (Å²) in [5.41, 5.74) is 2.20. The summed E-state index contributed by atoms with van der Waals surface area (Å²) in [4.78, 5) is 16.4. The molecule has 1 heterocycles. The lowest BCUT2D eigenvalue weighted by atomic mass is 10.2. The van der Waals surface area contributed by atoms with Crippen molar-refractivity contribution in [3.63, 3.8) is 0 Å². The molecule has 5 heteroatoms. The Hall–Kier alpha value is -1.72. The highest BCUT2D eigenvalue weighted by atomic mass is 79.9. The van der Waals surface area contributed by atoms with Crippen LogP contribution in [0.1, 0.15) is 11.1 Å². The van der Waals surface area contributed by atoms with Crippen molar-refractivity contribution in [3.05, 3.63) is 74.3 Å². The average Bonchev–Trinajstić information content (AvgIpc) is 2.83. The smallest absolute Gasteiger partial charge is 0.275 e. The maximum absolute atomic E-state index is 12.0. The second kappa shape index (κ2) is 5.95. The predicted molar refractivity (Wildman–Crippen MR) is 90.9 cm³/mol. The summed E-state index contributed by atoms with van der Waals surface area (Å²) in [6.45, 7) is 0. The molecule has 1 N–H and O–H groups in total. The van der Waals surface area contributed by atoms with E-state index in [0.717, 1.165) is 20.1 Å².